The molecule has 3 heteroatoms. The van der Waals surface area contributed by atoms with E-state index in [2.05, 4.69) is 19.2 Å². The molecular formula is C16H24FNO. The van der Waals surface area contributed by atoms with Gasteiger partial charge in [0.15, 0.2) is 0 Å². The molecule has 1 aromatic rings. The van der Waals surface area contributed by atoms with Crippen molar-refractivity contribution < 1.29 is 9.13 Å². The third-order valence-electron chi connectivity index (χ3n) is 3.81. The largest absolute Gasteiger partial charge is 0.379 e. The van der Waals surface area contributed by atoms with Crippen molar-refractivity contribution in [1.29, 1.82) is 0 Å². The first-order valence-corrected chi connectivity index (χ1v) is 7.09. The average molecular weight is 265 g/mol. The van der Waals surface area contributed by atoms with Crippen LogP contribution in [0.1, 0.15) is 44.2 Å². The molecule has 0 saturated carbocycles. The van der Waals surface area contributed by atoms with E-state index < -0.39 is 5.67 Å². The molecule has 1 heterocycles. The van der Waals surface area contributed by atoms with Gasteiger partial charge in [-0.3, -0.25) is 0 Å². The molecule has 1 N–H and O–H groups in total. The smallest absolute Gasteiger partial charge is 0.134 e. The van der Waals surface area contributed by atoms with Crippen LogP contribution < -0.4 is 5.32 Å². The minimum atomic E-state index is -1.31. The maximum atomic E-state index is 14.8. The number of morpholine rings is 1. The van der Waals surface area contributed by atoms with E-state index in [1.54, 1.807) is 6.92 Å². The number of alkyl halides is 1. The summed E-state index contributed by atoms with van der Waals surface area (Å²) >= 11 is 0. The molecule has 1 aromatic carbocycles. The first-order chi connectivity index (χ1) is 8.99. The summed E-state index contributed by atoms with van der Waals surface area (Å²) in [5.41, 5.74) is 0.691. The molecule has 0 aromatic heterocycles. The monoisotopic (exact) mass is 265 g/mol. The van der Waals surface area contributed by atoms with Gasteiger partial charge in [-0.25, -0.2) is 4.39 Å². The van der Waals surface area contributed by atoms with Crippen molar-refractivity contribution in [3.05, 3.63) is 35.4 Å². The van der Waals surface area contributed by atoms with E-state index >= 15 is 0 Å². The summed E-state index contributed by atoms with van der Waals surface area (Å²) in [5.74, 6) is 0.480. The molecule has 2 rings (SSSR count). The van der Waals surface area contributed by atoms with Crippen molar-refractivity contribution in [3.63, 3.8) is 0 Å². The van der Waals surface area contributed by atoms with E-state index in [1.807, 2.05) is 24.3 Å². The SMILES string of the molecule is CC(C)c1ccc(C(C)(F)CC2COCCN2)cc1. The molecule has 0 radical (unpaired) electrons. The normalized spacial score (nSPS) is 23.3. The van der Waals surface area contributed by atoms with Crippen LogP contribution in [-0.4, -0.2) is 25.8 Å². The van der Waals surface area contributed by atoms with Gasteiger partial charge >= 0.3 is 0 Å². The molecule has 0 spiro atoms. The minimum Gasteiger partial charge on any atom is -0.379 e. The Balaban J connectivity index is 2.05. The summed E-state index contributed by atoms with van der Waals surface area (Å²) in [6.45, 7) is 8.09. The van der Waals surface area contributed by atoms with E-state index in [4.69, 9.17) is 4.74 Å². The maximum absolute atomic E-state index is 14.8. The van der Waals surface area contributed by atoms with Gasteiger partial charge in [0.2, 0.25) is 0 Å². The summed E-state index contributed by atoms with van der Waals surface area (Å²) < 4.78 is 20.2. The second-order valence-corrected chi connectivity index (χ2v) is 5.90. The molecule has 1 aliphatic heterocycles. The molecule has 1 aliphatic rings. The zero-order chi connectivity index (χ0) is 13.9. The second kappa shape index (κ2) is 6.02. The first kappa shape index (κ1) is 14.5. The zero-order valence-corrected chi connectivity index (χ0v) is 12.1. The highest BCUT2D eigenvalue weighted by Gasteiger charge is 2.30. The van der Waals surface area contributed by atoms with E-state index in [9.17, 15) is 4.39 Å². The molecule has 106 valence electrons. The van der Waals surface area contributed by atoms with Crippen LogP contribution in [0.5, 0.6) is 0 Å². The number of rotatable bonds is 4. The molecule has 2 atom stereocenters. The molecule has 1 saturated heterocycles. The van der Waals surface area contributed by atoms with Crippen LogP contribution in [0.3, 0.4) is 0 Å². The number of hydrogen-bond acceptors (Lipinski definition) is 2. The van der Waals surface area contributed by atoms with Gasteiger partial charge in [0.1, 0.15) is 5.67 Å². The molecule has 1 fully saturated rings. The molecule has 0 amide bonds. The highest BCUT2D eigenvalue weighted by atomic mass is 19.1. The summed E-state index contributed by atoms with van der Waals surface area (Å²) in [6, 6.07) is 8.00. The number of nitrogens with one attached hydrogen (secondary N) is 1. The van der Waals surface area contributed by atoms with Gasteiger partial charge in [-0.2, -0.15) is 0 Å². The fourth-order valence-corrected chi connectivity index (χ4v) is 2.55. The average Bonchev–Trinajstić information content (AvgIpc) is 2.39. The van der Waals surface area contributed by atoms with E-state index in [-0.39, 0.29) is 6.04 Å². The van der Waals surface area contributed by atoms with Gasteiger partial charge in [-0.05, 0) is 24.0 Å². The Hall–Kier alpha value is -0.930. The lowest BCUT2D eigenvalue weighted by molar-refractivity contribution is 0.0474. The van der Waals surface area contributed by atoms with Crippen LogP contribution in [0.4, 0.5) is 4.39 Å². The molecule has 19 heavy (non-hydrogen) atoms. The van der Waals surface area contributed by atoms with Crippen molar-refractivity contribution in [1.82, 2.24) is 5.32 Å². The van der Waals surface area contributed by atoms with Crippen LogP contribution in [0.15, 0.2) is 24.3 Å². The Labute approximate surface area is 115 Å². The number of benzene rings is 1. The molecule has 2 unspecified atom stereocenters. The van der Waals surface area contributed by atoms with Gasteiger partial charge in [-0.15, -0.1) is 0 Å². The number of ether oxygens (including phenoxy) is 1. The Morgan fingerprint density at radius 1 is 1.37 bits per heavy atom. The van der Waals surface area contributed by atoms with Crippen LogP contribution >= 0.6 is 0 Å². The van der Waals surface area contributed by atoms with E-state index in [1.165, 1.54) is 5.56 Å². The Kier molecular flexibility index (Phi) is 4.58. The van der Waals surface area contributed by atoms with Crippen LogP contribution in [0.25, 0.3) is 0 Å². The zero-order valence-electron chi connectivity index (χ0n) is 12.1. The van der Waals surface area contributed by atoms with Crippen molar-refractivity contribution in [2.75, 3.05) is 19.8 Å². The first-order valence-electron chi connectivity index (χ1n) is 7.09. The van der Waals surface area contributed by atoms with Crippen molar-refractivity contribution >= 4 is 0 Å². The van der Waals surface area contributed by atoms with Gasteiger partial charge in [0, 0.05) is 19.0 Å². The summed E-state index contributed by atoms with van der Waals surface area (Å²) in [7, 11) is 0. The van der Waals surface area contributed by atoms with Gasteiger partial charge in [0.25, 0.3) is 0 Å². The predicted octanol–water partition coefficient (Wildman–Crippen LogP) is 3.37. The molecule has 0 aliphatic carbocycles. The lowest BCUT2D eigenvalue weighted by Gasteiger charge is -2.30. The van der Waals surface area contributed by atoms with Crippen molar-refractivity contribution in [2.45, 2.75) is 44.8 Å². The Morgan fingerprint density at radius 2 is 2.05 bits per heavy atom. The topological polar surface area (TPSA) is 21.3 Å². The van der Waals surface area contributed by atoms with Gasteiger partial charge < -0.3 is 10.1 Å². The summed E-state index contributed by atoms with van der Waals surface area (Å²) in [5, 5.41) is 3.31. The van der Waals surface area contributed by atoms with E-state index in [0.29, 0.717) is 18.9 Å². The summed E-state index contributed by atoms with van der Waals surface area (Å²) in [6.07, 6.45) is 0.452. The summed E-state index contributed by atoms with van der Waals surface area (Å²) in [4.78, 5) is 0. The molecular weight excluding hydrogens is 241 g/mol. The second-order valence-electron chi connectivity index (χ2n) is 5.90. The standard InChI is InChI=1S/C16H24FNO/c1-12(2)13-4-6-14(7-5-13)16(3,17)10-15-11-19-9-8-18-15/h4-7,12,15,18H,8-11H2,1-3H3. The highest BCUT2D eigenvalue weighted by molar-refractivity contribution is 5.28. The van der Waals surface area contributed by atoms with Crippen LogP contribution in [0.2, 0.25) is 0 Å². The molecule has 2 nitrogen and oxygen atoms in total. The maximum Gasteiger partial charge on any atom is 0.134 e. The Morgan fingerprint density at radius 3 is 2.58 bits per heavy atom. The fourth-order valence-electron chi connectivity index (χ4n) is 2.55. The number of hydrogen-bond donors (Lipinski definition) is 1. The predicted molar refractivity (Wildman–Crippen MR) is 76.2 cm³/mol. The lowest BCUT2D eigenvalue weighted by Crippen LogP contribution is -2.44. The fraction of sp³-hybridized carbons (Fsp3) is 0.625. The Bertz CT molecular complexity index is 394. The lowest BCUT2D eigenvalue weighted by atomic mass is 9.89. The third-order valence-corrected chi connectivity index (χ3v) is 3.81. The van der Waals surface area contributed by atoms with Crippen molar-refractivity contribution in [2.24, 2.45) is 0 Å². The van der Waals surface area contributed by atoms with Crippen LogP contribution in [-0.2, 0) is 10.4 Å². The van der Waals surface area contributed by atoms with E-state index in [0.717, 1.165) is 18.7 Å². The molecule has 0 bridgehead atoms. The minimum absolute atomic E-state index is 0.105. The number of halogens is 1. The third kappa shape index (κ3) is 3.77. The van der Waals surface area contributed by atoms with Gasteiger partial charge in [-0.1, -0.05) is 38.1 Å². The van der Waals surface area contributed by atoms with Crippen molar-refractivity contribution in [3.8, 4) is 0 Å². The quantitative estimate of drug-likeness (QED) is 0.901. The van der Waals surface area contributed by atoms with Gasteiger partial charge in [0.05, 0.1) is 13.2 Å². The highest BCUT2D eigenvalue weighted by Crippen LogP contribution is 2.32. The van der Waals surface area contributed by atoms with Crippen LogP contribution in [0, 0.1) is 0 Å².